The molecule has 0 aliphatic rings. The van der Waals surface area contributed by atoms with E-state index in [0.717, 1.165) is 34.5 Å². The first-order valence-corrected chi connectivity index (χ1v) is 8.63. The Balaban J connectivity index is 1.79. The lowest BCUT2D eigenvalue weighted by Crippen LogP contribution is -2.11. The highest BCUT2D eigenvalue weighted by Gasteiger charge is 2.11. The number of aromatic nitrogens is 3. The van der Waals surface area contributed by atoms with Crippen molar-refractivity contribution in [3.8, 4) is 17.0 Å². The molecule has 0 radical (unpaired) electrons. The number of hydrogen-bond donors (Lipinski definition) is 1. The summed E-state index contributed by atoms with van der Waals surface area (Å²) in [4.78, 5) is 11.7. The monoisotopic (exact) mass is 343 g/mol. The molecule has 1 atom stereocenters. The van der Waals surface area contributed by atoms with Crippen molar-refractivity contribution in [1.82, 2.24) is 15.0 Å². The van der Waals surface area contributed by atoms with Crippen LogP contribution in [0.3, 0.4) is 0 Å². The van der Waals surface area contributed by atoms with Gasteiger partial charge in [-0.05, 0) is 42.5 Å². The van der Waals surface area contributed by atoms with Crippen LogP contribution >= 0.6 is 11.6 Å². The summed E-state index contributed by atoms with van der Waals surface area (Å²) in [5.74, 6) is 1.89. The highest BCUT2D eigenvalue weighted by atomic mass is 35.5. The SMILES string of the molecule is CC(C)C[C@@H](C)COc1ccc(-c2ncnc3[nH]ccc23)cc1Cl. The largest absolute Gasteiger partial charge is 0.492 e. The molecule has 0 aliphatic carbocycles. The van der Waals surface area contributed by atoms with Crippen molar-refractivity contribution in [3.05, 3.63) is 41.8 Å². The van der Waals surface area contributed by atoms with Gasteiger partial charge in [0.2, 0.25) is 0 Å². The Hall–Kier alpha value is -2.07. The summed E-state index contributed by atoms with van der Waals surface area (Å²) in [7, 11) is 0. The van der Waals surface area contributed by atoms with Gasteiger partial charge < -0.3 is 9.72 Å². The molecule has 2 heterocycles. The molecule has 0 saturated carbocycles. The summed E-state index contributed by atoms with van der Waals surface area (Å²) in [6, 6.07) is 7.78. The number of nitrogens with one attached hydrogen (secondary N) is 1. The van der Waals surface area contributed by atoms with E-state index in [0.29, 0.717) is 23.5 Å². The molecule has 0 saturated heterocycles. The smallest absolute Gasteiger partial charge is 0.141 e. The molecule has 3 rings (SSSR count). The van der Waals surface area contributed by atoms with Crippen molar-refractivity contribution in [3.63, 3.8) is 0 Å². The van der Waals surface area contributed by atoms with Gasteiger partial charge in [0.1, 0.15) is 17.7 Å². The molecule has 0 aliphatic heterocycles. The van der Waals surface area contributed by atoms with Crippen molar-refractivity contribution in [1.29, 1.82) is 0 Å². The predicted molar refractivity (Wildman–Crippen MR) is 98.4 cm³/mol. The van der Waals surface area contributed by atoms with Crippen LogP contribution in [0, 0.1) is 11.8 Å². The van der Waals surface area contributed by atoms with E-state index in [9.17, 15) is 0 Å². The first-order valence-electron chi connectivity index (χ1n) is 8.25. The van der Waals surface area contributed by atoms with E-state index < -0.39 is 0 Å². The number of H-pyrrole nitrogens is 1. The normalized spacial score (nSPS) is 12.7. The Morgan fingerprint density at radius 2 is 2.00 bits per heavy atom. The van der Waals surface area contributed by atoms with Crippen molar-refractivity contribution in [2.24, 2.45) is 11.8 Å². The third-order valence-corrected chi connectivity index (χ3v) is 4.25. The number of nitrogens with zero attached hydrogens (tertiary/aromatic N) is 2. The third kappa shape index (κ3) is 3.70. The summed E-state index contributed by atoms with van der Waals surface area (Å²) in [5, 5.41) is 1.58. The number of hydrogen-bond acceptors (Lipinski definition) is 3. The summed E-state index contributed by atoms with van der Waals surface area (Å²) in [6.07, 6.45) is 4.56. The second-order valence-corrected chi connectivity index (χ2v) is 7.06. The zero-order valence-electron chi connectivity index (χ0n) is 14.2. The first-order chi connectivity index (χ1) is 11.5. The van der Waals surface area contributed by atoms with E-state index in [1.165, 1.54) is 0 Å². The maximum absolute atomic E-state index is 6.42. The lowest BCUT2D eigenvalue weighted by molar-refractivity contribution is 0.239. The first kappa shape index (κ1) is 16.8. The molecule has 1 aromatic carbocycles. The van der Waals surface area contributed by atoms with Crippen LogP contribution in [0.25, 0.3) is 22.3 Å². The minimum atomic E-state index is 0.502. The lowest BCUT2D eigenvalue weighted by Gasteiger charge is -2.16. The number of aromatic amines is 1. The van der Waals surface area contributed by atoms with Gasteiger partial charge in [0.25, 0.3) is 0 Å². The average molecular weight is 344 g/mol. The number of ether oxygens (including phenoxy) is 1. The predicted octanol–water partition coefficient (Wildman–Crippen LogP) is 5.34. The molecule has 1 N–H and O–H groups in total. The standard InChI is InChI=1S/C19H22ClN3O/c1-12(2)8-13(3)10-24-17-5-4-14(9-16(17)20)18-15-6-7-21-19(15)23-11-22-18/h4-7,9,11-13H,8,10H2,1-3H3,(H,21,22,23)/t13-/m1/s1. The molecule has 0 fully saturated rings. The van der Waals surface area contributed by atoms with Crippen LogP contribution in [-0.4, -0.2) is 21.6 Å². The topological polar surface area (TPSA) is 50.8 Å². The number of rotatable bonds is 6. The zero-order valence-corrected chi connectivity index (χ0v) is 15.0. The zero-order chi connectivity index (χ0) is 17.1. The van der Waals surface area contributed by atoms with Crippen LogP contribution in [0.15, 0.2) is 36.8 Å². The maximum Gasteiger partial charge on any atom is 0.141 e. The van der Waals surface area contributed by atoms with Gasteiger partial charge in [-0.25, -0.2) is 9.97 Å². The van der Waals surface area contributed by atoms with E-state index in [1.54, 1.807) is 6.33 Å². The quantitative estimate of drug-likeness (QED) is 0.657. The Bertz CT molecular complexity index is 828. The number of benzene rings is 1. The molecule has 24 heavy (non-hydrogen) atoms. The molecule has 4 nitrogen and oxygen atoms in total. The Morgan fingerprint density at radius 1 is 1.17 bits per heavy atom. The van der Waals surface area contributed by atoms with E-state index in [-0.39, 0.29) is 0 Å². The molecule has 0 unspecified atom stereocenters. The van der Waals surface area contributed by atoms with Crippen LogP contribution < -0.4 is 4.74 Å². The maximum atomic E-state index is 6.42. The van der Waals surface area contributed by atoms with Gasteiger partial charge in [0.05, 0.1) is 17.3 Å². The Labute approximate surface area is 147 Å². The van der Waals surface area contributed by atoms with Crippen LogP contribution in [0.2, 0.25) is 5.02 Å². The van der Waals surface area contributed by atoms with Crippen LogP contribution in [0.5, 0.6) is 5.75 Å². The number of halogens is 1. The van der Waals surface area contributed by atoms with Gasteiger partial charge in [-0.3, -0.25) is 0 Å². The van der Waals surface area contributed by atoms with E-state index >= 15 is 0 Å². The summed E-state index contributed by atoms with van der Waals surface area (Å²) in [6.45, 7) is 7.32. The van der Waals surface area contributed by atoms with Crippen molar-refractivity contribution >= 4 is 22.6 Å². The highest BCUT2D eigenvalue weighted by Crippen LogP contribution is 2.32. The van der Waals surface area contributed by atoms with Crippen LogP contribution in [-0.2, 0) is 0 Å². The van der Waals surface area contributed by atoms with Gasteiger partial charge in [-0.15, -0.1) is 0 Å². The molecule has 126 valence electrons. The summed E-state index contributed by atoms with van der Waals surface area (Å²) in [5.41, 5.74) is 2.64. The van der Waals surface area contributed by atoms with Gasteiger partial charge >= 0.3 is 0 Å². The Kier molecular flexibility index (Phi) is 5.05. The molecule has 3 aromatic rings. The van der Waals surface area contributed by atoms with E-state index in [4.69, 9.17) is 16.3 Å². The fraction of sp³-hybridized carbons (Fsp3) is 0.368. The van der Waals surface area contributed by atoms with Gasteiger partial charge in [0.15, 0.2) is 0 Å². The van der Waals surface area contributed by atoms with Gasteiger partial charge in [0, 0.05) is 17.1 Å². The molecular weight excluding hydrogens is 322 g/mol. The van der Waals surface area contributed by atoms with Crippen LogP contribution in [0.4, 0.5) is 0 Å². The molecule has 5 heteroatoms. The number of fused-ring (bicyclic) bond motifs is 1. The van der Waals surface area contributed by atoms with Gasteiger partial charge in [-0.1, -0.05) is 32.4 Å². The second-order valence-electron chi connectivity index (χ2n) is 6.65. The van der Waals surface area contributed by atoms with E-state index in [2.05, 4.69) is 35.7 Å². The highest BCUT2D eigenvalue weighted by molar-refractivity contribution is 6.32. The fourth-order valence-corrected chi connectivity index (χ4v) is 3.21. The molecule has 0 bridgehead atoms. The summed E-state index contributed by atoms with van der Waals surface area (Å²) >= 11 is 6.42. The fourth-order valence-electron chi connectivity index (χ4n) is 2.97. The average Bonchev–Trinajstić information content (AvgIpc) is 3.01. The van der Waals surface area contributed by atoms with Crippen LogP contribution in [0.1, 0.15) is 27.2 Å². The van der Waals surface area contributed by atoms with Crippen molar-refractivity contribution in [2.75, 3.05) is 6.61 Å². The second kappa shape index (κ2) is 7.22. The molecule has 0 spiro atoms. The molecule has 2 aromatic heterocycles. The molecule has 0 amide bonds. The van der Waals surface area contributed by atoms with E-state index in [1.807, 2.05) is 30.5 Å². The van der Waals surface area contributed by atoms with Crippen molar-refractivity contribution in [2.45, 2.75) is 27.2 Å². The minimum absolute atomic E-state index is 0.502. The third-order valence-electron chi connectivity index (χ3n) is 3.96. The minimum Gasteiger partial charge on any atom is -0.492 e. The summed E-state index contributed by atoms with van der Waals surface area (Å²) < 4.78 is 5.89. The van der Waals surface area contributed by atoms with Gasteiger partial charge in [-0.2, -0.15) is 0 Å². The molecular formula is C19H22ClN3O. The lowest BCUT2D eigenvalue weighted by atomic mass is 10.00. The van der Waals surface area contributed by atoms with Crippen molar-refractivity contribution < 1.29 is 4.74 Å². The Morgan fingerprint density at radius 3 is 2.75 bits per heavy atom.